The van der Waals surface area contributed by atoms with Gasteiger partial charge in [0.15, 0.2) is 0 Å². The Morgan fingerprint density at radius 2 is 2.15 bits per heavy atom. The third-order valence-electron chi connectivity index (χ3n) is 6.53. The van der Waals surface area contributed by atoms with E-state index in [9.17, 15) is 4.79 Å². The highest BCUT2D eigenvalue weighted by atomic mass is 16.5. The molecule has 1 aromatic rings. The minimum atomic E-state index is 0.0642. The number of pyridine rings is 1. The molecule has 1 N–H and O–H groups in total. The van der Waals surface area contributed by atoms with Gasteiger partial charge in [0.25, 0.3) is 0 Å². The minimum Gasteiger partial charge on any atom is -0.381 e. The van der Waals surface area contributed by atoms with Crippen LogP contribution in [0.25, 0.3) is 0 Å². The van der Waals surface area contributed by atoms with E-state index in [-0.39, 0.29) is 6.03 Å². The first-order valence-corrected chi connectivity index (χ1v) is 9.84. The van der Waals surface area contributed by atoms with E-state index >= 15 is 0 Å². The van der Waals surface area contributed by atoms with Crippen molar-refractivity contribution in [3.63, 3.8) is 0 Å². The zero-order valence-electron chi connectivity index (χ0n) is 15.9. The molecule has 2 saturated heterocycles. The number of anilines is 1. The number of carbonyl (C=O) groups is 1. The monoisotopic (exact) mass is 358 g/mol. The first kappa shape index (κ1) is 17.6. The number of hydrogen-bond donors (Lipinski definition) is 1. The van der Waals surface area contributed by atoms with Gasteiger partial charge in [0, 0.05) is 51.5 Å². The molecule has 26 heavy (non-hydrogen) atoms. The van der Waals surface area contributed by atoms with Crippen molar-refractivity contribution in [1.82, 2.24) is 15.2 Å². The van der Waals surface area contributed by atoms with Crippen molar-refractivity contribution >= 4 is 11.7 Å². The summed E-state index contributed by atoms with van der Waals surface area (Å²) in [6.07, 6.45) is 7.83. The van der Waals surface area contributed by atoms with Gasteiger partial charge >= 0.3 is 6.03 Å². The zero-order valence-corrected chi connectivity index (χ0v) is 15.9. The second kappa shape index (κ2) is 7.06. The van der Waals surface area contributed by atoms with Crippen molar-refractivity contribution < 1.29 is 9.53 Å². The Morgan fingerprint density at radius 1 is 1.38 bits per heavy atom. The fourth-order valence-corrected chi connectivity index (χ4v) is 5.05. The van der Waals surface area contributed by atoms with Crippen LogP contribution in [-0.2, 0) is 11.3 Å². The highest BCUT2D eigenvalue weighted by Gasteiger charge is 2.59. The molecule has 142 valence electrons. The number of urea groups is 1. The maximum atomic E-state index is 12.9. The van der Waals surface area contributed by atoms with Gasteiger partial charge in [-0.1, -0.05) is 6.42 Å². The maximum Gasteiger partial charge on any atom is 0.318 e. The number of amides is 2. The first-order chi connectivity index (χ1) is 12.6. The smallest absolute Gasteiger partial charge is 0.318 e. The molecule has 2 amide bonds. The molecule has 3 fully saturated rings. The fourth-order valence-electron chi connectivity index (χ4n) is 5.05. The van der Waals surface area contributed by atoms with E-state index in [2.05, 4.69) is 15.2 Å². The number of nitrogens with one attached hydrogen (secondary N) is 1. The van der Waals surface area contributed by atoms with Gasteiger partial charge in [-0.2, -0.15) is 0 Å². The number of aromatic nitrogens is 1. The van der Waals surface area contributed by atoms with E-state index in [1.54, 1.807) is 6.20 Å². The highest BCUT2D eigenvalue weighted by molar-refractivity contribution is 5.76. The molecule has 1 aromatic heterocycles. The topological polar surface area (TPSA) is 57.7 Å². The van der Waals surface area contributed by atoms with Crippen molar-refractivity contribution in [2.75, 3.05) is 38.8 Å². The van der Waals surface area contributed by atoms with E-state index in [1.807, 2.05) is 31.1 Å². The molecule has 1 saturated carbocycles. The summed E-state index contributed by atoms with van der Waals surface area (Å²) in [6.45, 7) is 3.07. The molecule has 1 atom stereocenters. The minimum absolute atomic E-state index is 0.0642. The van der Waals surface area contributed by atoms with Gasteiger partial charge in [-0.25, -0.2) is 4.79 Å². The summed E-state index contributed by atoms with van der Waals surface area (Å²) >= 11 is 0. The summed E-state index contributed by atoms with van der Waals surface area (Å²) < 4.78 is 5.54. The lowest BCUT2D eigenvalue weighted by atomic mass is 9.54. The number of rotatable bonds is 4. The van der Waals surface area contributed by atoms with Crippen LogP contribution < -0.4 is 10.2 Å². The summed E-state index contributed by atoms with van der Waals surface area (Å²) in [5.74, 6) is 0.593. The van der Waals surface area contributed by atoms with E-state index in [0.29, 0.717) is 23.9 Å². The van der Waals surface area contributed by atoms with Crippen molar-refractivity contribution in [3.8, 4) is 0 Å². The molecule has 0 radical (unpaired) electrons. The van der Waals surface area contributed by atoms with Crippen molar-refractivity contribution in [3.05, 3.63) is 24.0 Å². The van der Waals surface area contributed by atoms with Gasteiger partial charge in [0.05, 0.1) is 17.9 Å². The molecule has 3 heterocycles. The Kier molecular flexibility index (Phi) is 4.78. The first-order valence-electron chi connectivity index (χ1n) is 9.84. The van der Waals surface area contributed by atoms with E-state index in [0.717, 1.165) is 44.0 Å². The van der Waals surface area contributed by atoms with Crippen LogP contribution in [0, 0.1) is 11.3 Å². The summed E-state index contributed by atoms with van der Waals surface area (Å²) in [5.41, 5.74) is 2.36. The number of nitrogens with zero attached hydrogens (tertiary/aromatic N) is 3. The Labute approximate surface area is 155 Å². The van der Waals surface area contributed by atoms with Crippen LogP contribution in [-0.4, -0.2) is 55.8 Å². The highest BCUT2D eigenvalue weighted by Crippen LogP contribution is 2.56. The van der Waals surface area contributed by atoms with Crippen LogP contribution in [0.1, 0.15) is 37.8 Å². The lowest BCUT2D eigenvalue weighted by Gasteiger charge is -2.64. The lowest BCUT2D eigenvalue weighted by Crippen LogP contribution is -2.72. The van der Waals surface area contributed by atoms with Gasteiger partial charge in [-0.3, -0.25) is 4.98 Å². The molecule has 2 aliphatic heterocycles. The van der Waals surface area contributed by atoms with Crippen LogP contribution in [0.15, 0.2) is 18.3 Å². The van der Waals surface area contributed by atoms with E-state index in [4.69, 9.17) is 4.74 Å². The van der Waals surface area contributed by atoms with Gasteiger partial charge in [-0.15, -0.1) is 0 Å². The second-order valence-electron chi connectivity index (χ2n) is 8.26. The summed E-state index contributed by atoms with van der Waals surface area (Å²) in [7, 11) is 4.00. The van der Waals surface area contributed by atoms with Crippen molar-refractivity contribution in [1.29, 1.82) is 0 Å². The molecule has 1 spiro atoms. The standard InChI is InChI=1S/C20H30N4O2/c1-23(2)17-5-3-10-21-16(17)13-22-19(25)24-14-20(8-4-9-20)18(24)15-6-11-26-12-7-15/h3,5,10,15,18H,4,6-9,11-14H2,1-2H3,(H,22,25). The number of ether oxygens (including phenoxy) is 1. The number of hydrogen-bond acceptors (Lipinski definition) is 4. The third kappa shape index (κ3) is 3.04. The number of carbonyl (C=O) groups excluding carboxylic acids is 1. The lowest BCUT2D eigenvalue weighted by molar-refractivity contribution is -0.137. The third-order valence-corrected chi connectivity index (χ3v) is 6.53. The van der Waals surface area contributed by atoms with Crippen LogP contribution in [0.4, 0.5) is 10.5 Å². The Morgan fingerprint density at radius 3 is 2.81 bits per heavy atom. The average Bonchev–Trinajstić information content (AvgIpc) is 2.59. The fraction of sp³-hybridized carbons (Fsp3) is 0.700. The van der Waals surface area contributed by atoms with Gasteiger partial charge in [-0.05, 0) is 43.7 Å². The Bertz CT molecular complexity index is 653. The Balaban J connectivity index is 1.41. The predicted octanol–water partition coefficient (Wildman–Crippen LogP) is 2.64. The van der Waals surface area contributed by atoms with Gasteiger partial charge in [0.1, 0.15) is 0 Å². The summed E-state index contributed by atoms with van der Waals surface area (Å²) in [4.78, 5) is 21.5. The van der Waals surface area contributed by atoms with Crippen molar-refractivity contribution in [2.45, 2.75) is 44.7 Å². The SMILES string of the molecule is CN(C)c1cccnc1CNC(=O)N1CC2(CCC2)C1C1CCOCC1. The van der Waals surface area contributed by atoms with Crippen LogP contribution in [0.3, 0.4) is 0 Å². The predicted molar refractivity (Wildman–Crippen MR) is 101 cm³/mol. The summed E-state index contributed by atoms with van der Waals surface area (Å²) in [6, 6.07) is 4.43. The largest absolute Gasteiger partial charge is 0.381 e. The molecule has 3 aliphatic rings. The van der Waals surface area contributed by atoms with Crippen LogP contribution in [0.2, 0.25) is 0 Å². The molecule has 6 heteroatoms. The molecule has 0 aromatic carbocycles. The molecule has 4 rings (SSSR count). The summed E-state index contributed by atoms with van der Waals surface area (Å²) in [5, 5.41) is 3.12. The average molecular weight is 358 g/mol. The molecule has 1 unspecified atom stereocenters. The molecular weight excluding hydrogens is 328 g/mol. The Hall–Kier alpha value is -1.82. The normalized spacial score (nSPS) is 24.7. The number of likely N-dealkylation sites (tertiary alicyclic amines) is 1. The molecule has 6 nitrogen and oxygen atoms in total. The van der Waals surface area contributed by atoms with Crippen LogP contribution in [0.5, 0.6) is 0 Å². The van der Waals surface area contributed by atoms with Crippen LogP contribution >= 0.6 is 0 Å². The van der Waals surface area contributed by atoms with Gasteiger partial charge in [0.2, 0.25) is 0 Å². The molecule has 0 bridgehead atoms. The van der Waals surface area contributed by atoms with E-state index < -0.39 is 0 Å². The second-order valence-corrected chi connectivity index (χ2v) is 8.26. The van der Waals surface area contributed by atoms with Crippen molar-refractivity contribution in [2.24, 2.45) is 11.3 Å². The maximum absolute atomic E-state index is 12.9. The van der Waals surface area contributed by atoms with E-state index in [1.165, 1.54) is 19.3 Å². The molecule has 1 aliphatic carbocycles. The molecular formula is C20H30N4O2. The van der Waals surface area contributed by atoms with Gasteiger partial charge < -0.3 is 19.9 Å². The quantitative estimate of drug-likeness (QED) is 0.899. The zero-order chi connectivity index (χ0) is 18.1.